The molecule has 0 aromatic heterocycles. The van der Waals surface area contributed by atoms with Gasteiger partial charge < -0.3 is 14.7 Å². The second-order valence-electron chi connectivity index (χ2n) is 6.00. The molecule has 1 aliphatic rings. The molecule has 1 amide bonds. The molecule has 0 aliphatic carbocycles. The van der Waals surface area contributed by atoms with Crippen LogP contribution in [0.4, 0.5) is 4.79 Å². The molecule has 2 unspecified atom stereocenters. The Balaban J connectivity index is 2.91. The SMILES string of the molecule is C=CCC1CN(C(=O)OC(C)(C)C)CC1(O)C(Cl)(Cl)Cl. The van der Waals surface area contributed by atoms with Gasteiger partial charge in [-0.25, -0.2) is 4.79 Å². The number of rotatable bonds is 2. The number of amides is 1. The molecule has 1 heterocycles. The highest BCUT2D eigenvalue weighted by molar-refractivity contribution is 6.68. The smallest absolute Gasteiger partial charge is 0.410 e. The first-order valence-electron chi connectivity index (χ1n) is 6.28. The average molecular weight is 345 g/mol. The van der Waals surface area contributed by atoms with Gasteiger partial charge in [-0.3, -0.25) is 0 Å². The highest BCUT2D eigenvalue weighted by Gasteiger charge is 2.58. The van der Waals surface area contributed by atoms with Crippen LogP contribution < -0.4 is 0 Å². The van der Waals surface area contributed by atoms with Gasteiger partial charge in [-0.15, -0.1) is 6.58 Å². The number of hydrogen-bond donors (Lipinski definition) is 1. The second kappa shape index (κ2) is 5.91. The van der Waals surface area contributed by atoms with Gasteiger partial charge in [-0.1, -0.05) is 40.9 Å². The van der Waals surface area contributed by atoms with Gasteiger partial charge in [0.1, 0.15) is 11.2 Å². The monoisotopic (exact) mass is 343 g/mol. The number of aliphatic hydroxyl groups is 1. The largest absolute Gasteiger partial charge is 0.444 e. The maximum atomic E-state index is 12.1. The van der Waals surface area contributed by atoms with Crippen LogP contribution in [0.15, 0.2) is 12.7 Å². The fraction of sp³-hybridized carbons (Fsp3) is 0.769. The summed E-state index contributed by atoms with van der Waals surface area (Å²) >= 11 is 17.6. The predicted octanol–water partition coefficient (Wildman–Crippen LogP) is 3.53. The van der Waals surface area contributed by atoms with Crippen molar-refractivity contribution in [1.29, 1.82) is 0 Å². The number of alkyl halides is 3. The van der Waals surface area contributed by atoms with Crippen molar-refractivity contribution < 1.29 is 14.6 Å². The lowest BCUT2D eigenvalue weighted by atomic mass is 9.89. The molecule has 1 saturated heterocycles. The fourth-order valence-electron chi connectivity index (χ4n) is 2.16. The number of hydrogen-bond acceptors (Lipinski definition) is 3. The van der Waals surface area contributed by atoms with Crippen molar-refractivity contribution in [2.24, 2.45) is 5.92 Å². The number of β-amino-alcohol motifs (C(OH)–C–C–N with tert-alkyl or cyclic N) is 1. The van der Waals surface area contributed by atoms with Crippen molar-refractivity contribution in [3.63, 3.8) is 0 Å². The molecule has 20 heavy (non-hydrogen) atoms. The Morgan fingerprint density at radius 3 is 2.45 bits per heavy atom. The Morgan fingerprint density at radius 2 is 2.05 bits per heavy atom. The molecule has 1 rings (SSSR count). The minimum absolute atomic E-state index is 0.0864. The van der Waals surface area contributed by atoms with Gasteiger partial charge in [-0.05, 0) is 27.2 Å². The lowest BCUT2D eigenvalue weighted by Crippen LogP contribution is -2.50. The topological polar surface area (TPSA) is 49.8 Å². The van der Waals surface area contributed by atoms with Crippen LogP contribution in [-0.2, 0) is 4.74 Å². The van der Waals surface area contributed by atoms with Crippen LogP contribution in [0.5, 0.6) is 0 Å². The van der Waals surface area contributed by atoms with Crippen molar-refractivity contribution in [1.82, 2.24) is 4.90 Å². The van der Waals surface area contributed by atoms with E-state index >= 15 is 0 Å². The first kappa shape index (κ1) is 17.9. The minimum Gasteiger partial charge on any atom is -0.444 e. The van der Waals surface area contributed by atoms with E-state index in [1.54, 1.807) is 26.8 Å². The molecule has 0 bridgehead atoms. The Kier molecular flexibility index (Phi) is 5.29. The zero-order chi connectivity index (χ0) is 15.8. The molecule has 1 fully saturated rings. The molecule has 7 heteroatoms. The normalized spacial score (nSPS) is 27.6. The van der Waals surface area contributed by atoms with Gasteiger partial charge in [-0.2, -0.15) is 0 Å². The average Bonchev–Trinajstić information content (AvgIpc) is 2.55. The number of ether oxygens (including phenoxy) is 1. The molecule has 0 aromatic rings. The van der Waals surface area contributed by atoms with E-state index in [0.29, 0.717) is 6.42 Å². The fourth-order valence-corrected chi connectivity index (χ4v) is 2.80. The van der Waals surface area contributed by atoms with Crippen LogP contribution in [0.25, 0.3) is 0 Å². The van der Waals surface area contributed by atoms with Crippen LogP contribution in [0.2, 0.25) is 0 Å². The summed E-state index contributed by atoms with van der Waals surface area (Å²) in [6.45, 7) is 9.10. The van der Waals surface area contributed by atoms with Crippen LogP contribution in [0.3, 0.4) is 0 Å². The maximum Gasteiger partial charge on any atom is 0.410 e. The van der Waals surface area contributed by atoms with E-state index in [9.17, 15) is 9.90 Å². The summed E-state index contributed by atoms with van der Waals surface area (Å²) in [6, 6.07) is 0. The summed E-state index contributed by atoms with van der Waals surface area (Å²) in [5.41, 5.74) is -2.24. The van der Waals surface area contributed by atoms with Crippen LogP contribution in [0.1, 0.15) is 27.2 Å². The van der Waals surface area contributed by atoms with E-state index in [4.69, 9.17) is 39.5 Å². The first-order chi connectivity index (χ1) is 8.90. The number of likely N-dealkylation sites (tertiary alicyclic amines) is 1. The molecule has 1 N–H and O–H groups in total. The summed E-state index contributed by atoms with van der Waals surface area (Å²) in [4.78, 5) is 13.4. The molecule has 2 atom stereocenters. The quantitative estimate of drug-likeness (QED) is 0.616. The van der Waals surface area contributed by atoms with E-state index < -0.39 is 27.0 Å². The summed E-state index contributed by atoms with van der Waals surface area (Å²) in [5.74, 6) is -0.403. The molecule has 0 saturated carbocycles. The summed E-state index contributed by atoms with van der Waals surface area (Å²) in [5, 5.41) is 10.6. The van der Waals surface area contributed by atoms with Crippen molar-refractivity contribution >= 4 is 40.9 Å². The Morgan fingerprint density at radius 1 is 1.50 bits per heavy atom. The van der Waals surface area contributed by atoms with Crippen LogP contribution >= 0.6 is 34.8 Å². The predicted molar refractivity (Wildman–Crippen MR) is 81.4 cm³/mol. The van der Waals surface area contributed by atoms with Gasteiger partial charge in [0.25, 0.3) is 0 Å². The lowest BCUT2D eigenvalue weighted by Gasteiger charge is -2.34. The van der Waals surface area contributed by atoms with Gasteiger partial charge in [0.2, 0.25) is 3.79 Å². The number of halogens is 3. The van der Waals surface area contributed by atoms with E-state index in [-0.39, 0.29) is 13.1 Å². The third-order valence-electron chi connectivity index (χ3n) is 3.14. The summed E-state index contributed by atoms with van der Waals surface area (Å²) < 4.78 is 3.38. The maximum absolute atomic E-state index is 12.1. The van der Waals surface area contributed by atoms with Gasteiger partial charge in [0, 0.05) is 12.5 Å². The van der Waals surface area contributed by atoms with E-state index in [1.807, 2.05) is 0 Å². The molecule has 0 aromatic carbocycles. The van der Waals surface area contributed by atoms with Gasteiger partial charge >= 0.3 is 6.09 Å². The Bertz CT molecular complexity index is 389. The Hall–Kier alpha value is -0.160. The molecule has 116 valence electrons. The van der Waals surface area contributed by atoms with Crippen LogP contribution in [-0.4, -0.2) is 44.2 Å². The highest BCUT2D eigenvalue weighted by atomic mass is 35.6. The van der Waals surface area contributed by atoms with Crippen molar-refractivity contribution in [3.8, 4) is 0 Å². The van der Waals surface area contributed by atoms with Crippen molar-refractivity contribution in [2.75, 3.05) is 13.1 Å². The molecule has 0 spiro atoms. The van der Waals surface area contributed by atoms with Gasteiger partial charge in [0.15, 0.2) is 0 Å². The van der Waals surface area contributed by atoms with Crippen LogP contribution in [0, 0.1) is 5.92 Å². The number of nitrogens with zero attached hydrogens (tertiary/aromatic N) is 1. The first-order valence-corrected chi connectivity index (χ1v) is 7.42. The van der Waals surface area contributed by atoms with E-state index in [0.717, 1.165) is 0 Å². The minimum atomic E-state index is -1.89. The third kappa shape index (κ3) is 3.94. The zero-order valence-electron chi connectivity index (χ0n) is 11.8. The molecule has 1 aliphatic heterocycles. The second-order valence-corrected chi connectivity index (χ2v) is 8.29. The molecule has 0 radical (unpaired) electrons. The van der Waals surface area contributed by atoms with Crippen molar-refractivity contribution in [2.45, 2.75) is 42.2 Å². The molecular weight excluding hydrogens is 325 g/mol. The van der Waals surface area contributed by atoms with Crippen molar-refractivity contribution in [3.05, 3.63) is 12.7 Å². The van der Waals surface area contributed by atoms with E-state index in [2.05, 4.69) is 6.58 Å². The summed E-state index contributed by atoms with van der Waals surface area (Å²) in [7, 11) is 0. The zero-order valence-corrected chi connectivity index (χ0v) is 14.1. The van der Waals surface area contributed by atoms with Gasteiger partial charge in [0.05, 0.1) is 6.54 Å². The number of carbonyl (C=O) groups is 1. The third-order valence-corrected chi connectivity index (χ3v) is 4.12. The summed E-state index contributed by atoms with van der Waals surface area (Å²) in [6.07, 6.45) is 1.53. The van der Waals surface area contributed by atoms with E-state index in [1.165, 1.54) is 4.90 Å². The number of allylic oxidation sites excluding steroid dienone is 1. The Labute approximate surface area is 134 Å². The molecular formula is C13H20Cl3NO3. The highest BCUT2D eigenvalue weighted by Crippen LogP contribution is 2.47. The molecule has 4 nitrogen and oxygen atoms in total. The lowest BCUT2D eigenvalue weighted by molar-refractivity contribution is 0.00578. The standard InChI is InChI=1S/C13H20Cl3NO3/c1-5-6-9-7-17(10(18)20-11(2,3)4)8-12(9,19)13(14,15)16/h5,9,19H,1,6-8H2,2-4H3. The number of carbonyl (C=O) groups excluding carboxylic acids is 1.